The van der Waals surface area contributed by atoms with Crippen LogP contribution in [-0.2, 0) is 26.2 Å². The Morgan fingerprint density at radius 2 is 1.69 bits per heavy atom. The molecule has 198 valence electrons. The first-order chi connectivity index (χ1) is 16.9. The van der Waals surface area contributed by atoms with Crippen molar-refractivity contribution in [3.8, 4) is 0 Å². The maximum Gasteiger partial charge on any atom is 0.242 e. The molecule has 0 bridgehead atoms. The summed E-state index contributed by atoms with van der Waals surface area (Å²) in [4.78, 5) is 27.6. The second-order valence-electron chi connectivity index (χ2n) is 9.18. The number of nitrogens with one attached hydrogen (secondary N) is 1. The monoisotopic (exact) mass is 535 g/mol. The highest BCUT2D eigenvalue weighted by Crippen LogP contribution is 2.22. The quantitative estimate of drug-likeness (QED) is 0.372. The number of aryl methyl sites for hydroxylation is 2. The summed E-state index contributed by atoms with van der Waals surface area (Å²) < 4.78 is 26.3. The van der Waals surface area contributed by atoms with Gasteiger partial charge in [-0.05, 0) is 74.6 Å². The molecule has 2 aromatic carbocycles. The van der Waals surface area contributed by atoms with Crippen LogP contribution in [0.25, 0.3) is 0 Å². The van der Waals surface area contributed by atoms with Crippen molar-refractivity contribution in [2.45, 2.75) is 66.0 Å². The van der Waals surface area contributed by atoms with Crippen LogP contribution in [0, 0.1) is 13.8 Å². The van der Waals surface area contributed by atoms with Crippen molar-refractivity contribution in [1.82, 2.24) is 10.2 Å². The van der Waals surface area contributed by atoms with Crippen LogP contribution in [-0.4, -0.2) is 50.5 Å². The lowest BCUT2D eigenvalue weighted by Gasteiger charge is -2.29. The Hall–Kier alpha value is -2.58. The van der Waals surface area contributed by atoms with Crippen molar-refractivity contribution >= 4 is 39.1 Å². The van der Waals surface area contributed by atoms with Crippen LogP contribution in [0.5, 0.6) is 0 Å². The van der Waals surface area contributed by atoms with Crippen molar-refractivity contribution < 1.29 is 18.0 Å². The Bertz CT molecular complexity index is 1140. The third-order valence-electron chi connectivity index (χ3n) is 6.19. The average Bonchev–Trinajstić information content (AvgIpc) is 2.82. The lowest BCUT2D eigenvalue weighted by Crippen LogP contribution is -2.47. The zero-order valence-electron chi connectivity index (χ0n) is 21.9. The van der Waals surface area contributed by atoms with Gasteiger partial charge in [-0.1, -0.05) is 43.1 Å². The van der Waals surface area contributed by atoms with E-state index in [2.05, 4.69) is 5.32 Å². The second kappa shape index (κ2) is 13.7. The summed E-state index contributed by atoms with van der Waals surface area (Å²) in [6, 6.07) is 12.0. The summed E-state index contributed by atoms with van der Waals surface area (Å²) in [5.41, 5.74) is 3.50. The van der Waals surface area contributed by atoms with Crippen LogP contribution in [0.2, 0.25) is 5.02 Å². The minimum Gasteiger partial charge on any atom is -0.354 e. The molecule has 0 aliphatic carbocycles. The smallest absolute Gasteiger partial charge is 0.242 e. The fourth-order valence-electron chi connectivity index (χ4n) is 3.79. The average molecular weight is 536 g/mol. The molecule has 0 aliphatic heterocycles. The lowest BCUT2D eigenvalue weighted by atomic mass is 10.1. The topological polar surface area (TPSA) is 86.8 Å². The van der Waals surface area contributed by atoms with Gasteiger partial charge in [0.2, 0.25) is 21.8 Å². The van der Waals surface area contributed by atoms with Crippen molar-refractivity contribution in [3.05, 3.63) is 64.2 Å². The van der Waals surface area contributed by atoms with E-state index in [0.29, 0.717) is 23.7 Å². The van der Waals surface area contributed by atoms with Gasteiger partial charge in [-0.15, -0.1) is 0 Å². The number of halogens is 1. The number of anilines is 1. The SMILES string of the molecule is CCCCNC(=O)C(C)N(Cc1ccc(Cl)cc1)C(=O)CCCN(c1ccc(C)c(C)c1)S(C)(=O)=O. The highest BCUT2D eigenvalue weighted by molar-refractivity contribution is 7.92. The summed E-state index contributed by atoms with van der Waals surface area (Å²) in [7, 11) is -3.53. The van der Waals surface area contributed by atoms with Crippen molar-refractivity contribution in [2.24, 2.45) is 0 Å². The molecule has 36 heavy (non-hydrogen) atoms. The normalized spacial score (nSPS) is 12.2. The fraction of sp³-hybridized carbons (Fsp3) is 0.481. The van der Waals surface area contributed by atoms with Crippen LogP contribution in [0.4, 0.5) is 5.69 Å². The van der Waals surface area contributed by atoms with Crippen LogP contribution in [0.15, 0.2) is 42.5 Å². The molecular weight excluding hydrogens is 498 g/mol. The van der Waals surface area contributed by atoms with Gasteiger partial charge >= 0.3 is 0 Å². The van der Waals surface area contributed by atoms with Gasteiger partial charge in [0.15, 0.2) is 0 Å². The number of unbranched alkanes of at least 4 members (excludes halogenated alkanes) is 1. The van der Waals surface area contributed by atoms with E-state index in [9.17, 15) is 18.0 Å². The van der Waals surface area contributed by atoms with E-state index in [0.717, 1.165) is 29.5 Å². The molecule has 0 aliphatic rings. The van der Waals surface area contributed by atoms with E-state index in [1.165, 1.54) is 10.6 Å². The molecule has 9 heteroatoms. The van der Waals surface area contributed by atoms with E-state index in [1.807, 2.05) is 45.0 Å². The number of rotatable bonds is 13. The Labute approximate surface area is 220 Å². The van der Waals surface area contributed by atoms with Crippen molar-refractivity contribution in [3.63, 3.8) is 0 Å². The standard InChI is InChI=1S/C27H38ClN3O4S/c1-6-7-16-29-27(33)22(4)30(19-23-11-13-24(28)14-12-23)26(32)9-8-17-31(36(5,34)35)25-15-10-20(2)21(3)18-25/h10-15,18,22H,6-9,16-17,19H2,1-5H3,(H,29,33). The van der Waals surface area contributed by atoms with E-state index < -0.39 is 16.1 Å². The summed E-state index contributed by atoms with van der Waals surface area (Å²) in [6.07, 6.45) is 3.42. The number of carbonyl (C=O) groups excluding carboxylic acids is 2. The Kier molecular flexibility index (Phi) is 11.2. The number of hydrogen-bond donors (Lipinski definition) is 1. The van der Waals surface area contributed by atoms with E-state index in [1.54, 1.807) is 30.0 Å². The maximum atomic E-state index is 13.3. The van der Waals surface area contributed by atoms with Gasteiger partial charge < -0.3 is 10.2 Å². The summed E-state index contributed by atoms with van der Waals surface area (Å²) in [5, 5.41) is 3.49. The first-order valence-electron chi connectivity index (χ1n) is 12.3. The van der Waals surface area contributed by atoms with Crippen LogP contribution in [0.3, 0.4) is 0 Å². The predicted octanol–water partition coefficient (Wildman–Crippen LogP) is 4.84. The minimum absolute atomic E-state index is 0.108. The van der Waals surface area contributed by atoms with Crippen LogP contribution < -0.4 is 9.62 Å². The molecule has 2 amide bonds. The largest absolute Gasteiger partial charge is 0.354 e. The van der Waals surface area contributed by atoms with Gasteiger partial charge in [0.1, 0.15) is 6.04 Å². The Balaban J connectivity index is 2.15. The van der Waals surface area contributed by atoms with Gasteiger partial charge in [-0.2, -0.15) is 0 Å². The van der Waals surface area contributed by atoms with Crippen molar-refractivity contribution in [1.29, 1.82) is 0 Å². The van der Waals surface area contributed by atoms with Crippen LogP contribution >= 0.6 is 11.6 Å². The van der Waals surface area contributed by atoms with Gasteiger partial charge in [-0.3, -0.25) is 13.9 Å². The first-order valence-corrected chi connectivity index (χ1v) is 14.5. The summed E-state index contributed by atoms with van der Waals surface area (Å²) in [6.45, 7) is 8.64. The minimum atomic E-state index is -3.53. The molecule has 0 fully saturated rings. The van der Waals surface area contributed by atoms with Gasteiger partial charge in [-0.25, -0.2) is 8.42 Å². The molecule has 1 unspecified atom stereocenters. The van der Waals surface area contributed by atoms with E-state index in [4.69, 9.17) is 11.6 Å². The molecule has 0 saturated carbocycles. The van der Waals surface area contributed by atoms with Gasteiger partial charge in [0, 0.05) is 31.1 Å². The molecular formula is C27H38ClN3O4S. The number of carbonyl (C=O) groups is 2. The molecule has 1 atom stereocenters. The highest BCUT2D eigenvalue weighted by atomic mass is 35.5. The van der Waals surface area contributed by atoms with E-state index in [-0.39, 0.29) is 31.3 Å². The third-order valence-corrected chi connectivity index (χ3v) is 7.64. The molecule has 0 spiro atoms. The Morgan fingerprint density at radius 1 is 1.03 bits per heavy atom. The first kappa shape index (κ1) is 29.6. The number of amides is 2. The molecule has 7 nitrogen and oxygen atoms in total. The number of benzene rings is 2. The van der Waals surface area contributed by atoms with Gasteiger partial charge in [0.05, 0.1) is 11.9 Å². The Morgan fingerprint density at radius 3 is 2.28 bits per heavy atom. The number of nitrogens with zero attached hydrogens (tertiary/aromatic N) is 2. The molecule has 0 heterocycles. The number of sulfonamides is 1. The molecule has 1 N–H and O–H groups in total. The zero-order valence-corrected chi connectivity index (χ0v) is 23.5. The lowest BCUT2D eigenvalue weighted by molar-refractivity contribution is -0.140. The molecule has 2 aromatic rings. The predicted molar refractivity (Wildman–Crippen MR) is 147 cm³/mol. The van der Waals surface area contributed by atoms with Crippen LogP contribution in [0.1, 0.15) is 56.2 Å². The fourth-order valence-corrected chi connectivity index (χ4v) is 4.87. The third kappa shape index (κ3) is 8.82. The van der Waals surface area contributed by atoms with E-state index >= 15 is 0 Å². The zero-order chi connectivity index (χ0) is 26.9. The number of hydrogen-bond acceptors (Lipinski definition) is 4. The molecule has 0 radical (unpaired) electrons. The summed E-state index contributed by atoms with van der Waals surface area (Å²) >= 11 is 6.00. The second-order valence-corrected chi connectivity index (χ2v) is 11.5. The summed E-state index contributed by atoms with van der Waals surface area (Å²) in [5.74, 6) is -0.421. The molecule has 2 rings (SSSR count). The van der Waals surface area contributed by atoms with Gasteiger partial charge in [0.25, 0.3) is 0 Å². The van der Waals surface area contributed by atoms with Crippen molar-refractivity contribution in [2.75, 3.05) is 23.7 Å². The maximum absolute atomic E-state index is 13.3. The highest BCUT2D eigenvalue weighted by Gasteiger charge is 2.26. The molecule has 0 aromatic heterocycles. The molecule has 0 saturated heterocycles.